The van der Waals surface area contributed by atoms with E-state index in [-0.39, 0.29) is 29.3 Å². The van der Waals surface area contributed by atoms with E-state index < -0.39 is 37.2 Å². The molecule has 0 spiro atoms. The third-order valence-corrected chi connectivity index (χ3v) is 5.06. The van der Waals surface area contributed by atoms with Gasteiger partial charge in [0.2, 0.25) is 0 Å². The first-order valence-corrected chi connectivity index (χ1v) is 9.57. The van der Waals surface area contributed by atoms with Gasteiger partial charge in [-0.25, -0.2) is 4.52 Å². The molecule has 1 fully saturated rings. The molecule has 30 heavy (non-hydrogen) atoms. The first-order chi connectivity index (χ1) is 16.7. The van der Waals surface area contributed by atoms with E-state index in [9.17, 15) is 14.7 Å². The van der Waals surface area contributed by atoms with Gasteiger partial charge >= 0.3 is 0 Å². The summed E-state index contributed by atoms with van der Waals surface area (Å²) in [6.07, 6.45) is 4.15. The maximum Gasteiger partial charge on any atom is 0.261 e. The average molecular weight is 417 g/mol. The van der Waals surface area contributed by atoms with Gasteiger partial charge < -0.3 is 20.1 Å². The van der Waals surface area contributed by atoms with Crippen LogP contribution in [0.3, 0.4) is 0 Å². The minimum atomic E-state index is -3.12. The molecule has 8 heteroatoms. The summed E-state index contributed by atoms with van der Waals surface area (Å²) in [5.41, 5.74) is -1.52. The number of carbonyl (C=O) groups is 1. The van der Waals surface area contributed by atoms with Crippen molar-refractivity contribution in [2.45, 2.75) is 50.9 Å². The highest BCUT2D eigenvalue weighted by molar-refractivity contribution is 6.06. The van der Waals surface area contributed by atoms with Gasteiger partial charge in [0.15, 0.2) is 5.75 Å². The molecule has 8 nitrogen and oxygen atoms in total. The number of pyridine rings is 2. The highest BCUT2D eigenvalue weighted by atomic mass is 16.5. The van der Waals surface area contributed by atoms with Gasteiger partial charge in [0.1, 0.15) is 5.56 Å². The van der Waals surface area contributed by atoms with E-state index in [0.29, 0.717) is 16.8 Å². The van der Waals surface area contributed by atoms with Crippen molar-refractivity contribution in [1.29, 1.82) is 0 Å². The van der Waals surface area contributed by atoms with Crippen molar-refractivity contribution >= 4 is 17.1 Å². The number of anilines is 1. The largest absolute Gasteiger partial charge is 0.493 e. The van der Waals surface area contributed by atoms with Crippen LogP contribution in [0.15, 0.2) is 35.4 Å². The molecule has 0 aromatic carbocycles. The van der Waals surface area contributed by atoms with Gasteiger partial charge in [0.05, 0.1) is 35.8 Å². The Kier molecular flexibility index (Phi) is 3.54. The lowest BCUT2D eigenvalue weighted by Crippen LogP contribution is -2.25. The first kappa shape index (κ1) is 14.0. The maximum absolute atomic E-state index is 13.1. The molecular formula is C22H26N4O4. The Morgan fingerprint density at radius 3 is 2.97 bits per heavy atom. The van der Waals surface area contributed by atoms with Gasteiger partial charge in [-0.15, -0.1) is 0 Å². The SMILES string of the molecule is [2H]C([2H])([2H])C(O)(CCc1cc2cc(NC(=O)c3c(C4CC4)cc[nH]c3=O)c(OC)cn2n1)C([2H])([2H])[2H]. The molecule has 0 saturated heterocycles. The van der Waals surface area contributed by atoms with Crippen molar-refractivity contribution in [2.24, 2.45) is 0 Å². The lowest BCUT2D eigenvalue weighted by Gasteiger charge is -2.15. The number of nitrogens with one attached hydrogen (secondary N) is 2. The zero-order chi connectivity index (χ0) is 26.5. The second-order valence-electron chi connectivity index (χ2n) is 7.49. The maximum atomic E-state index is 13.1. The minimum absolute atomic E-state index is 0.0461. The van der Waals surface area contributed by atoms with Crippen LogP contribution in [0.25, 0.3) is 5.52 Å². The summed E-state index contributed by atoms with van der Waals surface area (Å²) < 4.78 is 51.9. The predicted molar refractivity (Wildman–Crippen MR) is 113 cm³/mol. The van der Waals surface area contributed by atoms with Gasteiger partial charge in [-0.3, -0.25) is 9.59 Å². The van der Waals surface area contributed by atoms with E-state index in [1.807, 2.05) is 0 Å². The van der Waals surface area contributed by atoms with E-state index in [2.05, 4.69) is 15.4 Å². The number of ether oxygens (including phenoxy) is 1. The molecule has 0 unspecified atom stereocenters. The molecule has 0 aliphatic heterocycles. The number of aromatic amines is 1. The highest BCUT2D eigenvalue weighted by Crippen LogP contribution is 2.41. The summed E-state index contributed by atoms with van der Waals surface area (Å²) in [6, 6.07) is 4.89. The fraction of sp³-hybridized carbons (Fsp3) is 0.409. The quantitative estimate of drug-likeness (QED) is 0.549. The van der Waals surface area contributed by atoms with Crippen LogP contribution in [0, 0.1) is 0 Å². The van der Waals surface area contributed by atoms with E-state index in [4.69, 9.17) is 13.0 Å². The Balaban J connectivity index is 1.61. The number of carbonyl (C=O) groups excluding carboxylic acids is 1. The van der Waals surface area contributed by atoms with Gasteiger partial charge in [-0.2, -0.15) is 5.10 Å². The molecule has 0 bridgehead atoms. The molecule has 4 rings (SSSR count). The van der Waals surface area contributed by atoms with E-state index in [1.54, 1.807) is 18.2 Å². The van der Waals surface area contributed by atoms with Crippen LogP contribution in [0.5, 0.6) is 5.75 Å². The normalized spacial score (nSPS) is 17.9. The Bertz CT molecular complexity index is 1340. The number of amides is 1. The fourth-order valence-corrected chi connectivity index (χ4v) is 3.41. The standard InChI is InChI=1S/C22H26N4O4/c1-22(2,29)8-6-14-10-15-11-17(18(30-3)12-26(15)25-14)24-21(28)19-16(13-4-5-13)7-9-23-20(19)27/h7,9-13,29H,4-6,8H2,1-3H3,(H,23,27)(H,24,28)/i1D3,2D3. The third kappa shape index (κ3) is 4.23. The Morgan fingerprint density at radius 2 is 2.27 bits per heavy atom. The van der Waals surface area contributed by atoms with Crippen molar-refractivity contribution in [3.05, 3.63) is 57.8 Å². The number of hydrogen-bond acceptors (Lipinski definition) is 5. The lowest BCUT2D eigenvalue weighted by atomic mass is 10.0. The Morgan fingerprint density at radius 1 is 1.47 bits per heavy atom. The lowest BCUT2D eigenvalue weighted by molar-refractivity contribution is 0.0711. The number of aryl methyl sites for hydroxylation is 1. The number of nitrogens with zero attached hydrogens (tertiary/aromatic N) is 2. The molecule has 0 atom stereocenters. The molecule has 1 aliphatic carbocycles. The van der Waals surface area contributed by atoms with Crippen LogP contribution in [-0.4, -0.2) is 38.3 Å². The molecule has 1 aliphatic rings. The number of methoxy groups -OCH3 is 1. The monoisotopic (exact) mass is 416 g/mol. The number of hydrogen-bond donors (Lipinski definition) is 3. The summed E-state index contributed by atoms with van der Waals surface area (Å²) in [6.45, 7) is -6.24. The molecule has 3 heterocycles. The van der Waals surface area contributed by atoms with Crippen LogP contribution in [0.4, 0.5) is 5.69 Å². The zero-order valence-corrected chi connectivity index (χ0v) is 16.4. The minimum Gasteiger partial charge on any atom is -0.493 e. The van der Waals surface area contributed by atoms with E-state index in [0.717, 1.165) is 12.8 Å². The zero-order valence-electron chi connectivity index (χ0n) is 22.4. The second kappa shape index (κ2) is 7.60. The number of aromatic nitrogens is 3. The van der Waals surface area contributed by atoms with E-state index in [1.165, 1.54) is 24.0 Å². The number of aliphatic hydroxyl groups is 1. The summed E-state index contributed by atoms with van der Waals surface area (Å²) in [5.74, 6) is -0.146. The number of H-pyrrole nitrogens is 1. The molecule has 3 aromatic rings. The molecule has 1 amide bonds. The molecule has 3 aromatic heterocycles. The van der Waals surface area contributed by atoms with E-state index >= 15 is 0 Å². The molecule has 158 valence electrons. The predicted octanol–water partition coefficient (Wildman–Crippen LogP) is 2.86. The van der Waals surface area contributed by atoms with Crippen LogP contribution in [0.1, 0.15) is 68.7 Å². The summed E-state index contributed by atoms with van der Waals surface area (Å²) in [5, 5.41) is 17.5. The van der Waals surface area contributed by atoms with Crippen LogP contribution in [-0.2, 0) is 6.42 Å². The van der Waals surface area contributed by atoms with Crippen molar-refractivity contribution < 1.29 is 22.9 Å². The first-order valence-electron chi connectivity index (χ1n) is 12.6. The molecular weight excluding hydrogens is 384 g/mol. The second-order valence-corrected chi connectivity index (χ2v) is 7.49. The third-order valence-electron chi connectivity index (χ3n) is 5.06. The fourth-order valence-electron chi connectivity index (χ4n) is 3.41. The van der Waals surface area contributed by atoms with Crippen molar-refractivity contribution in [1.82, 2.24) is 14.6 Å². The van der Waals surface area contributed by atoms with Crippen LogP contribution in [0.2, 0.25) is 0 Å². The Hall–Kier alpha value is -3.13. The molecule has 3 N–H and O–H groups in total. The molecule has 1 saturated carbocycles. The van der Waals surface area contributed by atoms with Gasteiger partial charge in [0.25, 0.3) is 11.5 Å². The summed E-state index contributed by atoms with van der Waals surface area (Å²) in [4.78, 5) is 28.0. The topological polar surface area (TPSA) is 109 Å². The van der Waals surface area contributed by atoms with Crippen molar-refractivity contribution in [3.8, 4) is 5.75 Å². The van der Waals surface area contributed by atoms with Gasteiger partial charge in [-0.1, -0.05) is 0 Å². The van der Waals surface area contributed by atoms with Crippen molar-refractivity contribution in [2.75, 3.05) is 12.4 Å². The Labute approximate surface area is 182 Å². The van der Waals surface area contributed by atoms with Crippen LogP contribution >= 0.6 is 0 Å². The number of rotatable bonds is 7. The average Bonchev–Trinajstić information content (AvgIpc) is 3.55. The molecule has 0 radical (unpaired) electrons. The van der Waals surface area contributed by atoms with Gasteiger partial charge in [-0.05, 0) is 69.1 Å². The van der Waals surface area contributed by atoms with Gasteiger partial charge in [0, 0.05) is 14.4 Å². The highest BCUT2D eigenvalue weighted by Gasteiger charge is 2.30. The summed E-state index contributed by atoms with van der Waals surface area (Å²) >= 11 is 0. The van der Waals surface area contributed by atoms with Crippen LogP contribution < -0.4 is 15.6 Å². The summed E-state index contributed by atoms with van der Waals surface area (Å²) in [7, 11) is 1.40. The van der Waals surface area contributed by atoms with Crippen molar-refractivity contribution in [3.63, 3.8) is 0 Å². The number of fused-ring (bicyclic) bond motifs is 1. The smallest absolute Gasteiger partial charge is 0.261 e.